The SMILES string of the molecule is C[C@@H](Oc1ccc(Cl)cc1)C(=O)NN=Cc1ccc(Cl)cc1Cl. The van der Waals surface area contributed by atoms with Gasteiger partial charge in [0, 0.05) is 15.6 Å². The van der Waals surface area contributed by atoms with E-state index >= 15 is 0 Å². The lowest BCUT2D eigenvalue weighted by Gasteiger charge is -2.12. The summed E-state index contributed by atoms with van der Waals surface area (Å²) in [6.07, 6.45) is 0.722. The van der Waals surface area contributed by atoms with Crippen LogP contribution in [-0.4, -0.2) is 18.2 Å². The fraction of sp³-hybridized carbons (Fsp3) is 0.125. The molecule has 1 N–H and O–H groups in total. The Hall–Kier alpha value is -1.75. The maximum absolute atomic E-state index is 11.9. The summed E-state index contributed by atoms with van der Waals surface area (Å²) < 4.78 is 5.49. The summed E-state index contributed by atoms with van der Waals surface area (Å²) in [7, 11) is 0. The molecule has 2 aromatic carbocycles. The van der Waals surface area contributed by atoms with Gasteiger partial charge >= 0.3 is 0 Å². The van der Waals surface area contributed by atoms with Crippen molar-refractivity contribution in [3.8, 4) is 5.75 Å². The zero-order chi connectivity index (χ0) is 16.8. The van der Waals surface area contributed by atoms with Crippen LogP contribution >= 0.6 is 34.8 Å². The Labute approximate surface area is 149 Å². The largest absolute Gasteiger partial charge is 0.481 e. The van der Waals surface area contributed by atoms with E-state index in [2.05, 4.69) is 10.5 Å². The second-order valence-corrected chi connectivity index (χ2v) is 5.89. The third kappa shape index (κ3) is 5.43. The predicted octanol–water partition coefficient (Wildman–Crippen LogP) is 4.56. The van der Waals surface area contributed by atoms with E-state index < -0.39 is 6.10 Å². The molecule has 2 rings (SSSR count). The Bertz CT molecular complexity index is 718. The summed E-state index contributed by atoms with van der Waals surface area (Å²) in [4.78, 5) is 11.9. The molecule has 0 aromatic heterocycles. The zero-order valence-corrected chi connectivity index (χ0v) is 14.4. The number of rotatable bonds is 5. The van der Waals surface area contributed by atoms with Crippen molar-refractivity contribution in [3.63, 3.8) is 0 Å². The van der Waals surface area contributed by atoms with E-state index in [1.54, 1.807) is 49.4 Å². The molecule has 1 atom stereocenters. The number of carbonyl (C=O) groups excluding carboxylic acids is 1. The molecule has 1 amide bonds. The Morgan fingerprint density at radius 3 is 2.43 bits per heavy atom. The quantitative estimate of drug-likeness (QED) is 0.618. The molecule has 0 radical (unpaired) electrons. The molecule has 0 aliphatic heterocycles. The molecular formula is C16H13Cl3N2O2. The van der Waals surface area contributed by atoms with Crippen molar-refractivity contribution in [2.24, 2.45) is 5.10 Å². The number of benzene rings is 2. The summed E-state index contributed by atoms with van der Waals surface area (Å²) >= 11 is 17.6. The lowest BCUT2D eigenvalue weighted by Crippen LogP contribution is -2.33. The van der Waals surface area contributed by atoms with Gasteiger partial charge in [-0.05, 0) is 43.3 Å². The van der Waals surface area contributed by atoms with Crippen molar-refractivity contribution >= 4 is 46.9 Å². The van der Waals surface area contributed by atoms with Crippen LogP contribution in [0.1, 0.15) is 12.5 Å². The molecule has 120 valence electrons. The van der Waals surface area contributed by atoms with Gasteiger partial charge in [0.1, 0.15) is 5.75 Å². The van der Waals surface area contributed by atoms with Crippen molar-refractivity contribution in [3.05, 3.63) is 63.1 Å². The molecule has 0 unspecified atom stereocenters. The van der Waals surface area contributed by atoms with Gasteiger partial charge in [-0.15, -0.1) is 0 Å². The third-order valence-corrected chi connectivity index (χ3v) is 3.65. The number of halogens is 3. The highest BCUT2D eigenvalue weighted by molar-refractivity contribution is 6.36. The van der Waals surface area contributed by atoms with Gasteiger partial charge in [0.25, 0.3) is 5.91 Å². The van der Waals surface area contributed by atoms with Gasteiger partial charge in [-0.2, -0.15) is 5.10 Å². The summed E-state index contributed by atoms with van der Waals surface area (Å²) in [5, 5.41) is 5.43. The van der Waals surface area contributed by atoms with Crippen LogP contribution in [0.4, 0.5) is 0 Å². The van der Waals surface area contributed by atoms with E-state index in [0.29, 0.717) is 26.4 Å². The highest BCUT2D eigenvalue weighted by Crippen LogP contribution is 2.19. The van der Waals surface area contributed by atoms with Gasteiger partial charge in [-0.3, -0.25) is 4.79 Å². The second-order valence-electron chi connectivity index (χ2n) is 4.61. The maximum atomic E-state index is 11.9. The molecule has 0 saturated heterocycles. The number of hydrogen-bond donors (Lipinski definition) is 1. The van der Waals surface area contributed by atoms with E-state index in [1.807, 2.05) is 0 Å². The lowest BCUT2D eigenvalue weighted by atomic mass is 10.2. The average Bonchev–Trinajstić information content (AvgIpc) is 2.51. The first kappa shape index (κ1) is 17.6. The first-order valence-corrected chi connectivity index (χ1v) is 7.79. The molecule has 0 fully saturated rings. The summed E-state index contributed by atoms with van der Waals surface area (Å²) in [5.74, 6) is 0.156. The molecule has 2 aromatic rings. The van der Waals surface area contributed by atoms with Crippen LogP contribution < -0.4 is 10.2 Å². The third-order valence-electron chi connectivity index (χ3n) is 2.84. The van der Waals surface area contributed by atoms with Crippen LogP contribution in [0.5, 0.6) is 5.75 Å². The fourth-order valence-corrected chi connectivity index (χ4v) is 2.22. The summed E-state index contributed by atoms with van der Waals surface area (Å²) in [6, 6.07) is 11.7. The molecule has 0 spiro atoms. The molecule has 0 heterocycles. The Morgan fingerprint density at radius 2 is 1.78 bits per heavy atom. The zero-order valence-electron chi connectivity index (χ0n) is 12.1. The van der Waals surface area contributed by atoms with E-state index in [0.717, 1.165) is 0 Å². The Morgan fingerprint density at radius 1 is 1.13 bits per heavy atom. The van der Waals surface area contributed by atoms with E-state index in [-0.39, 0.29) is 5.91 Å². The number of amides is 1. The van der Waals surface area contributed by atoms with Gasteiger partial charge in [0.05, 0.1) is 11.2 Å². The molecule has 0 bridgehead atoms. The van der Waals surface area contributed by atoms with Crippen molar-refractivity contribution in [1.82, 2.24) is 5.43 Å². The van der Waals surface area contributed by atoms with Crippen molar-refractivity contribution < 1.29 is 9.53 Å². The molecule has 4 nitrogen and oxygen atoms in total. The van der Waals surface area contributed by atoms with Gasteiger partial charge in [0.2, 0.25) is 0 Å². The number of ether oxygens (including phenoxy) is 1. The molecule has 23 heavy (non-hydrogen) atoms. The highest BCUT2D eigenvalue weighted by Gasteiger charge is 2.13. The number of hydrazone groups is 1. The highest BCUT2D eigenvalue weighted by atomic mass is 35.5. The monoisotopic (exact) mass is 370 g/mol. The van der Waals surface area contributed by atoms with Crippen molar-refractivity contribution in [2.75, 3.05) is 0 Å². The molecule has 7 heteroatoms. The minimum absolute atomic E-state index is 0.388. The lowest BCUT2D eigenvalue weighted by molar-refractivity contribution is -0.127. The average molecular weight is 372 g/mol. The standard InChI is InChI=1S/C16H13Cl3N2O2/c1-10(23-14-6-4-12(17)5-7-14)16(22)21-20-9-11-2-3-13(18)8-15(11)19/h2-10H,1H3,(H,21,22)/t10-/m1/s1. The molecular weight excluding hydrogens is 359 g/mol. The van der Waals surface area contributed by atoms with Crippen LogP contribution in [0.25, 0.3) is 0 Å². The van der Waals surface area contributed by atoms with E-state index in [4.69, 9.17) is 39.5 Å². The smallest absolute Gasteiger partial charge is 0.280 e. The summed E-state index contributed by atoms with van der Waals surface area (Å²) in [5.41, 5.74) is 3.03. The van der Waals surface area contributed by atoms with Crippen LogP contribution in [0.2, 0.25) is 15.1 Å². The van der Waals surface area contributed by atoms with Crippen molar-refractivity contribution in [1.29, 1.82) is 0 Å². The predicted molar refractivity (Wildman–Crippen MR) is 93.7 cm³/mol. The number of nitrogens with zero attached hydrogens (tertiary/aromatic N) is 1. The van der Waals surface area contributed by atoms with Crippen molar-refractivity contribution in [2.45, 2.75) is 13.0 Å². The van der Waals surface area contributed by atoms with E-state index in [1.165, 1.54) is 6.21 Å². The van der Waals surface area contributed by atoms with Gasteiger partial charge in [-0.1, -0.05) is 40.9 Å². The fourth-order valence-electron chi connectivity index (χ4n) is 1.63. The number of hydrogen-bond acceptors (Lipinski definition) is 3. The number of carbonyl (C=O) groups is 1. The first-order valence-electron chi connectivity index (χ1n) is 6.66. The minimum atomic E-state index is -0.714. The number of nitrogens with one attached hydrogen (secondary N) is 1. The molecule has 0 aliphatic rings. The van der Waals surface area contributed by atoms with Crippen LogP contribution in [-0.2, 0) is 4.79 Å². The Balaban J connectivity index is 1.90. The minimum Gasteiger partial charge on any atom is -0.481 e. The van der Waals surface area contributed by atoms with Crippen LogP contribution in [0.3, 0.4) is 0 Å². The Kier molecular flexibility index (Phi) is 6.28. The first-order chi connectivity index (χ1) is 11.0. The summed E-state index contributed by atoms with van der Waals surface area (Å²) in [6.45, 7) is 1.62. The van der Waals surface area contributed by atoms with Gasteiger partial charge in [-0.25, -0.2) is 5.43 Å². The van der Waals surface area contributed by atoms with Gasteiger partial charge in [0.15, 0.2) is 6.10 Å². The second kappa shape index (κ2) is 8.20. The van der Waals surface area contributed by atoms with Crippen LogP contribution in [0, 0.1) is 0 Å². The topological polar surface area (TPSA) is 50.7 Å². The molecule has 0 saturated carbocycles. The normalized spacial score (nSPS) is 12.2. The molecule has 0 aliphatic carbocycles. The van der Waals surface area contributed by atoms with Crippen LogP contribution in [0.15, 0.2) is 47.6 Å². The van der Waals surface area contributed by atoms with E-state index in [9.17, 15) is 4.79 Å². The maximum Gasteiger partial charge on any atom is 0.280 e. The van der Waals surface area contributed by atoms with Gasteiger partial charge < -0.3 is 4.74 Å².